The van der Waals surface area contributed by atoms with E-state index >= 15 is 0 Å². The van der Waals surface area contributed by atoms with Gasteiger partial charge in [-0.2, -0.15) is 0 Å². The summed E-state index contributed by atoms with van der Waals surface area (Å²) in [5.41, 5.74) is -0.0949. The molecule has 3 fully saturated rings. The van der Waals surface area contributed by atoms with Crippen LogP contribution in [0.15, 0.2) is 86.0 Å². The van der Waals surface area contributed by atoms with E-state index in [2.05, 4.69) is 41.3 Å². The van der Waals surface area contributed by atoms with E-state index in [0.29, 0.717) is 30.5 Å². The second kappa shape index (κ2) is 18.5. The van der Waals surface area contributed by atoms with E-state index in [9.17, 15) is 24.3 Å². The van der Waals surface area contributed by atoms with Crippen molar-refractivity contribution in [3.63, 3.8) is 0 Å². The summed E-state index contributed by atoms with van der Waals surface area (Å²) in [5.74, 6) is -3.87. The van der Waals surface area contributed by atoms with Crippen LogP contribution in [0.4, 0.5) is 0 Å². The first-order valence-corrected chi connectivity index (χ1v) is 19.4. The van der Waals surface area contributed by atoms with Crippen LogP contribution in [0, 0.1) is 11.8 Å². The molecule has 53 heavy (non-hydrogen) atoms. The van der Waals surface area contributed by atoms with Gasteiger partial charge in [0.25, 0.3) is 0 Å². The van der Waals surface area contributed by atoms with Crippen molar-refractivity contribution in [1.82, 2.24) is 15.1 Å². The van der Waals surface area contributed by atoms with Gasteiger partial charge in [-0.15, -0.1) is 13.2 Å². The summed E-state index contributed by atoms with van der Waals surface area (Å²) in [6.07, 6.45) is 5.18. The Labute approximate surface area is 320 Å². The maximum absolute atomic E-state index is 15.0. The number of likely N-dealkylation sites (tertiary alicyclic amines) is 1. The van der Waals surface area contributed by atoms with E-state index in [4.69, 9.17) is 14.2 Å². The molecule has 5 rings (SSSR count). The van der Waals surface area contributed by atoms with Crippen LogP contribution < -0.4 is 5.32 Å². The van der Waals surface area contributed by atoms with Crippen molar-refractivity contribution in [3.8, 4) is 0 Å². The van der Waals surface area contributed by atoms with Crippen LogP contribution in [0.25, 0.3) is 0 Å². The van der Waals surface area contributed by atoms with Gasteiger partial charge in [0.2, 0.25) is 17.7 Å². The lowest BCUT2D eigenvalue weighted by Gasteiger charge is -2.39. The maximum Gasteiger partial charge on any atom is 0.313 e. The number of nitrogens with one attached hydrogen (secondary N) is 1. The molecule has 12 heteroatoms. The molecule has 0 aromatic heterocycles. The number of fused-ring (bicyclic) bond motifs is 1. The van der Waals surface area contributed by atoms with Gasteiger partial charge in [0, 0.05) is 31.4 Å². The van der Waals surface area contributed by atoms with Gasteiger partial charge in [0.1, 0.15) is 17.7 Å². The third-order valence-corrected chi connectivity index (χ3v) is 11.5. The van der Waals surface area contributed by atoms with E-state index in [1.165, 1.54) is 12.0 Å². The first-order valence-electron chi connectivity index (χ1n) is 18.5. The second-order valence-corrected chi connectivity index (χ2v) is 15.2. The molecule has 2 aromatic rings. The van der Waals surface area contributed by atoms with Crippen molar-refractivity contribution in [2.24, 2.45) is 11.8 Å². The minimum absolute atomic E-state index is 0.0431. The molecule has 3 saturated heterocycles. The Morgan fingerprint density at radius 3 is 2.38 bits per heavy atom. The van der Waals surface area contributed by atoms with E-state index < -0.39 is 66.3 Å². The number of rotatable bonds is 20. The molecule has 0 radical (unpaired) electrons. The van der Waals surface area contributed by atoms with Crippen LogP contribution in [-0.4, -0.2) is 101 Å². The Bertz CT molecular complexity index is 1590. The number of halogens is 1. The Balaban J connectivity index is 1.56. The monoisotopic (exact) mass is 793 g/mol. The number of ether oxygens (including phenoxy) is 3. The minimum atomic E-state index is -1.38. The molecule has 1 unspecified atom stereocenters. The average Bonchev–Trinajstić information content (AvgIpc) is 3.76. The highest BCUT2D eigenvalue weighted by molar-refractivity contribution is 9.09. The van der Waals surface area contributed by atoms with Gasteiger partial charge >= 0.3 is 5.97 Å². The lowest BCUT2D eigenvalue weighted by Crippen LogP contribution is -2.57. The van der Waals surface area contributed by atoms with Crippen LogP contribution in [-0.2, 0) is 33.4 Å². The molecular formula is C41H52BrN3O8. The summed E-state index contributed by atoms with van der Waals surface area (Å²) in [4.78, 5) is 60.3. The molecule has 2 aromatic carbocycles. The number of benzene rings is 2. The van der Waals surface area contributed by atoms with Crippen molar-refractivity contribution >= 4 is 39.6 Å². The normalized spacial score (nSPS) is 26.0. The van der Waals surface area contributed by atoms with Crippen molar-refractivity contribution in [2.45, 2.75) is 86.2 Å². The number of carbonyl (C=O) groups is 4. The van der Waals surface area contributed by atoms with E-state index in [1.54, 1.807) is 29.2 Å². The predicted molar refractivity (Wildman–Crippen MR) is 204 cm³/mol. The number of allylic oxidation sites excluding steroid dienone is 1. The van der Waals surface area contributed by atoms with E-state index in [1.807, 2.05) is 48.5 Å². The topological polar surface area (TPSA) is 135 Å². The highest BCUT2D eigenvalue weighted by Crippen LogP contribution is 2.61. The maximum atomic E-state index is 15.0. The van der Waals surface area contributed by atoms with Crippen LogP contribution in [0.1, 0.15) is 68.7 Å². The van der Waals surface area contributed by atoms with Crippen LogP contribution >= 0.6 is 15.9 Å². The number of hydrogen-bond donors (Lipinski definition) is 2. The summed E-state index contributed by atoms with van der Waals surface area (Å²) < 4.78 is 18.6. The first-order chi connectivity index (χ1) is 25.7. The van der Waals surface area contributed by atoms with Crippen LogP contribution in [0.2, 0.25) is 0 Å². The molecule has 1 spiro atoms. The van der Waals surface area contributed by atoms with Gasteiger partial charge in [-0.3, -0.25) is 19.2 Å². The number of carbonyl (C=O) groups excluding carboxylic acids is 4. The molecule has 2 bridgehead atoms. The number of methoxy groups -OCH3 is 1. The lowest BCUT2D eigenvalue weighted by atomic mass is 9.70. The van der Waals surface area contributed by atoms with Crippen molar-refractivity contribution in [3.05, 3.63) is 97.1 Å². The molecule has 3 heterocycles. The highest BCUT2D eigenvalue weighted by atomic mass is 79.9. The number of aliphatic hydroxyl groups excluding tert-OH is 1. The largest absolute Gasteiger partial charge is 0.455 e. The van der Waals surface area contributed by atoms with Crippen molar-refractivity contribution in [2.75, 3.05) is 33.4 Å². The number of nitrogens with zero attached hydrogens (tertiary/aromatic N) is 2. The number of unbranched alkanes of at least 4 members (excludes halogenated alkanes) is 2. The quantitative estimate of drug-likeness (QED) is 0.0824. The number of amides is 3. The zero-order valence-corrected chi connectivity index (χ0v) is 32.2. The summed E-state index contributed by atoms with van der Waals surface area (Å²) in [6.45, 7) is 9.99. The van der Waals surface area contributed by atoms with Crippen LogP contribution in [0.3, 0.4) is 0 Å². The van der Waals surface area contributed by atoms with Gasteiger partial charge in [-0.05, 0) is 30.4 Å². The van der Waals surface area contributed by atoms with Gasteiger partial charge < -0.3 is 34.4 Å². The number of hydrogen-bond acceptors (Lipinski definition) is 8. The number of esters is 1. The molecule has 0 aliphatic carbocycles. The molecule has 2 N–H and O–H groups in total. The lowest BCUT2D eigenvalue weighted by molar-refractivity contribution is -0.163. The fraction of sp³-hybridized carbons (Fsp3) is 0.512. The molecule has 3 amide bonds. The summed E-state index contributed by atoms with van der Waals surface area (Å²) in [5, 5.41) is 13.9. The molecule has 11 nitrogen and oxygen atoms in total. The van der Waals surface area contributed by atoms with Gasteiger partial charge in [-0.1, -0.05) is 109 Å². The van der Waals surface area contributed by atoms with E-state index in [-0.39, 0.29) is 36.2 Å². The van der Waals surface area contributed by atoms with Gasteiger partial charge in [-0.25, -0.2) is 0 Å². The summed E-state index contributed by atoms with van der Waals surface area (Å²) in [6, 6.07) is 15.4. The molecular weight excluding hydrogens is 742 g/mol. The average molecular weight is 795 g/mol. The smallest absolute Gasteiger partial charge is 0.313 e. The van der Waals surface area contributed by atoms with Crippen molar-refractivity contribution in [1.29, 1.82) is 0 Å². The Hall–Kier alpha value is -3.84. The van der Waals surface area contributed by atoms with Gasteiger partial charge in [0.05, 0.1) is 43.2 Å². The third kappa shape index (κ3) is 8.30. The first kappa shape index (κ1) is 40.3. The third-order valence-electron chi connectivity index (χ3n) is 10.6. The second-order valence-electron chi connectivity index (χ2n) is 14.0. The Morgan fingerprint density at radius 2 is 1.77 bits per heavy atom. The molecule has 0 saturated carbocycles. The number of alkyl halides is 1. The SMILES string of the molecule is C=CCCC(=O)N[C@H](COC)[C@H](OC(=O)[C@H]1[C@@H]2O[C@@]3(CC2Br)[C@@H]1C(=O)N([C@H](CO)c1ccccc1)[C@@H]3C(=O)N(CC=C)CCCCC)c1ccccc1. The fourth-order valence-electron chi connectivity index (χ4n) is 8.28. The highest BCUT2D eigenvalue weighted by Gasteiger charge is 2.77. The van der Waals surface area contributed by atoms with Crippen molar-refractivity contribution < 1.29 is 38.5 Å². The van der Waals surface area contributed by atoms with E-state index in [0.717, 1.165) is 19.3 Å². The zero-order valence-electron chi connectivity index (χ0n) is 30.6. The fourth-order valence-corrected chi connectivity index (χ4v) is 9.22. The molecule has 3 aliphatic rings. The molecule has 9 atom stereocenters. The summed E-state index contributed by atoms with van der Waals surface area (Å²) >= 11 is 3.75. The Kier molecular flexibility index (Phi) is 14.1. The van der Waals surface area contributed by atoms with Gasteiger partial charge in [0.15, 0.2) is 0 Å². The zero-order chi connectivity index (χ0) is 38.1. The predicted octanol–water partition coefficient (Wildman–Crippen LogP) is 5.05. The van der Waals surface area contributed by atoms with Crippen LogP contribution in [0.5, 0.6) is 0 Å². The summed E-state index contributed by atoms with van der Waals surface area (Å²) in [7, 11) is 1.50. The molecule has 286 valence electrons. The minimum Gasteiger partial charge on any atom is -0.455 e. The number of aliphatic hydroxyl groups is 1. The Morgan fingerprint density at radius 1 is 1.09 bits per heavy atom. The molecule has 3 aliphatic heterocycles. The standard InChI is InChI=1S/C41H52BrN3O8/c1-5-8-16-23-44(22-7-3)39(49)37-41-24-29(42)36(53-41)33(34(41)38(48)45(37)31(25-46)27-17-12-10-13-18-27)40(50)52-35(28-19-14-11-15-20-28)30(26-51-4)43-32(47)21-9-6-2/h6-7,10-15,17-20,29-31,33-37,46H,2-3,5,8-9,16,21-26H2,1,4H3,(H,43,47)/t29?,30-,31-,33-,34+,35-,36-,37-,41+/m1/s1.